The van der Waals surface area contributed by atoms with Crippen LogP contribution in [0.25, 0.3) is 6.08 Å². The Labute approximate surface area is 63.9 Å². The van der Waals surface area contributed by atoms with Crippen LogP contribution in [-0.2, 0) is 9.53 Å². The second kappa shape index (κ2) is 3.55. The third kappa shape index (κ3) is 2.25. The fourth-order valence-electron chi connectivity index (χ4n) is 0.585. The molecule has 58 valence electrons. The summed E-state index contributed by atoms with van der Waals surface area (Å²) in [5.41, 5.74) is 0.774. The van der Waals surface area contributed by atoms with Crippen molar-refractivity contribution in [1.29, 1.82) is 0 Å². The molecule has 0 aromatic carbocycles. The third-order valence-corrected chi connectivity index (χ3v) is 1.12. The minimum absolute atomic E-state index is 0.375. The molecule has 4 nitrogen and oxygen atoms in total. The number of H-pyrrole nitrogens is 1. The summed E-state index contributed by atoms with van der Waals surface area (Å²) in [5.74, 6) is -0.375. The van der Waals surface area contributed by atoms with Crippen LogP contribution < -0.4 is 0 Å². The fourth-order valence-corrected chi connectivity index (χ4v) is 0.585. The van der Waals surface area contributed by atoms with E-state index in [-0.39, 0.29) is 5.97 Å². The Bertz CT molecular complexity index is 251. The van der Waals surface area contributed by atoms with E-state index in [4.69, 9.17) is 0 Å². The van der Waals surface area contributed by atoms with E-state index in [0.717, 1.165) is 5.69 Å². The molecule has 0 fully saturated rings. The monoisotopic (exact) mass is 152 g/mol. The SMILES string of the molecule is COC(=O)C=Cc1ccn[nH]1. The molecule has 1 rings (SSSR count). The Hall–Kier alpha value is -1.58. The van der Waals surface area contributed by atoms with Gasteiger partial charge in [-0.15, -0.1) is 0 Å². The number of aromatic amines is 1. The van der Waals surface area contributed by atoms with Gasteiger partial charge < -0.3 is 4.74 Å². The van der Waals surface area contributed by atoms with Gasteiger partial charge in [-0.1, -0.05) is 0 Å². The molecule has 0 aliphatic heterocycles. The van der Waals surface area contributed by atoms with Crippen molar-refractivity contribution in [3.63, 3.8) is 0 Å². The number of esters is 1. The lowest BCUT2D eigenvalue weighted by Gasteiger charge is -1.87. The van der Waals surface area contributed by atoms with Crippen molar-refractivity contribution in [3.8, 4) is 0 Å². The first-order chi connectivity index (χ1) is 5.33. The summed E-state index contributed by atoms with van der Waals surface area (Å²) >= 11 is 0. The lowest BCUT2D eigenvalue weighted by atomic mass is 10.4. The average molecular weight is 152 g/mol. The van der Waals surface area contributed by atoms with E-state index in [1.165, 1.54) is 13.2 Å². The van der Waals surface area contributed by atoms with Gasteiger partial charge in [0.2, 0.25) is 0 Å². The van der Waals surface area contributed by atoms with Crippen molar-refractivity contribution in [2.75, 3.05) is 7.11 Å². The van der Waals surface area contributed by atoms with Crippen LogP contribution in [0.15, 0.2) is 18.3 Å². The van der Waals surface area contributed by atoms with E-state index in [9.17, 15) is 4.79 Å². The first-order valence-electron chi connectivity index (χ1n) is 3.08. The molecule has 0 atom stereocenters. The number of ether oxygens (including phenoxy) is 1. The summed E-state index contributed by atoms with van der Waals surface area (Å²) in [4.78, 5) is 10.6. The van der Waals surface area contributed by atoms with E-state index < -0.39 is 0 Å². The quantitative estimate of drug-likeness (QED) is 0.498. The number of methoxy groups -OCH3 is 1. The number of nitrogens with one attached hydrogen (secondary N) is 1. The first kappa shape index (κ1) is 7.53. The number of rotatable bonds is 2. The zero-order valence-electron chi connectivity index (χ0n) is 6.07. The Kier molecular flexibility index (Phi) is 2.43. The number of aromatic nitrogens is 2. The number of hydrogen-bond donors (Lipinski definition) is 1. The molecule has 4 heteroatoms. The van der Waals surface area contributed by atoms with Crippen LogP contribution in [-0.4, -0.2) is 23.3 Å². The van der Waals surface area contributed by atoms with Gasteiger partial charge in [0.1, 0.15) is 0 Å². The normalized spacial score (nSPS) is 10.3. The van der Waals surface area contributed by atoms with Crippen molar-refractivity contribution in [2.45, 2.75) is 0 Å². The van der Waals surface area contributed by atoms with Gasteiger partial charge in [-0.25, -0.2) is 4.79 Å². The molecule has 0 saturated carbocycles. The summed E-state index contributed by atoms with van der Waals surface area (Å²) in [5, 5.41) is 6.37. The smallest absolute Gasteiger partial charge is 0.330 e. The predicted molar refractivity (Wildman–Crippen MR) is 39.6 cm³/mol. The standard InChI is InChI=1S/C7H8N2O2/c1-11-7(10)3-2-6-4-5-8-9-6/h2-5H,1H3,(H,8,9). The van der Waals surface area contributed by atoms with E-state index >= 15 is 0 Å². The molecule has 1 N–H and O–H groups in total. The summed E-state index contributed by atoms with van der Waals surface area (Å²) in [7, 11) is 1.33. The van der Waals surface area contributed by atoms with Crippen LogP contribution in [0.3, 0.4) is 0 Å². The first-order valence-corrected chi connectivity index (χ1v) is 3.08. The molecule has 1 aromatic rings. The lowest BCUT2D eigenvalue weighted by Crippen LogP contribution is -1.93. The third-order valence-electron chi connectivity index (χ3n) is 1.12. The van der Waals surface area contributed by atoms with Gasteiger partial charge in [0.25, 0.3) is 0 Å². The minimum atomic E-state index is -0.375. The highest BCUT2D eigenvalue weighted by Gasteiger charge is 1.90. The highest BCUT2D eigenvalue weighted by atomic mass is 16.5. The molecular formula is C7H8N2O2. The van der Waals surface area contributed by atoms with Crippen LogP contribution in [0.1, 0.15) is 5.69 Å². The Morgan fingerprint density at radius 1 is 1.82 bits per heavy atom. The largest absolute Gasteiger partial charge is 0.466 e. The Balaban J connectivity index is 2.55. The predicted octanol–water partition coefficient (Wildman–Crippen LogP) is 0.596. The molecule has 0 aliphatic carbocycles. The van der Waals surface area contributed by atoms with Gasteiger partial charge >= 0.3 is 5.97 Å². The van der Waals surface area contributed by atoms with E-state index in [1.54, 1.807) is 18.3 Å². The lowest BCUT2D eigenvalue weighted by molar-refractivity contribution is -0.134. The van der Waals surface area contributed by atoms with E-state index in [1.807, 2.05) is 0 Å². The minimum Gasteiger partial charge on any atom is -0.466 e. The molecule has 11 heavy (non-hydrogen) atoms. The molecular weight excluding hydrogens is 144 g/mol. The average Bonchev–Trinajstić information content (AvgIpc) is 2.52. The second-order valence-corrected chi connectivity index (χ2v) is 1.87. The Morgan fingerprint density at radius 2 is 2.64 bits per heavy atom. The van der Waals surface area contributed by atoms with Crippen LogP contribution in [0, 0.1) is 0 Å². The summed E-state index contributed by atoms with van der Waals surface area (Å²) < 4.78 is 4.39. The second-order valence-electron chi connectivity index (χ2n) is 1.87. The van der Waals surface area contributed by atoms with Gasteiger partial charge in [0, 0.05) is 12.3 Å². The van der Waals surface area contributed by atoms with Gasteiger partial charge in [-0.3, -0.25) is 5.10 Å². The van der Waals surface area contributed by atoms with Crippen LogP contribution >= 0.6 is 0 Å². The van der Waals surface area contributed by atoms with E-state index in [2.05, 4.69) is 14.9 Å². The van der Waals surface area contributed by atoms with Crippen LogP contribution in [0.2, 0.25) is 0 Å². The molecule has 0 spiro atoms. The molecule has 0 radical (unpaired) electrons. The topological polar surface area (TPSA) is 55.0 Å². The van der Waals surface area contributed by atoms with Gasteiger partial charge in [-0.2, -0.15) is 5.10 Å². The maximum absolute atomic E-state index is 10.6. The number of carbonyl (C=O) groups is 1. The maximum atomic E-state index is 10.6. The number of nitrogens with zero attached hydrogens (tertiary/aromatic N) is 1. The van der Waals surface area contributed by atoms with Crippen molar-refractivity contribution >= 4 is 12.0 Å². The highest BCUT2D eigenvalue weighted by molar-refractivity contribution is 5.86. The zero-order valence-corrected chi connectivity index (χ0v) is 6.07. The van der Waals surface area contributed by atoms with Gasteiger partial charge in [0.15, 0.2) is 0 Å². The van der Waals surface area contributed by atoms with Gasteiger partial charge in [-0.05, 0) is 12.1 Å². The summed E-state index contributed by atoms with van der Waals surface area (Å²) in [6.45, 7) is 0. The molecule has 0 bridgehead atoms. The van der Waals surface area contributed by atoms with E-state index in [0.29, 0.717) is 0 Å². The fraction of sp³-hybridized carbons (Fsp3) is 0.143. The molecule has 1 heterocycles. The van der Waals surface area contributed by atoms with Crippen LogP contribution in [0.5, 0.6) is 0 Å². The Morgan fingerprint density at radius 3 is 3.18 bits per heavy atom. The van der Waals surface area contributed by atoms with Crippen molar-refractivity contribution < 1.29 is 9.53 Å². The van der Waals surface area contributed by atoms with Crippen molar-refractivity contribution in [3.05, 3.63) is 24.0 Å². The van der Waals surface area contributed by atoms with Crippen molar-refractivity contribution in [2.24, 2.45) is 0 Å². The van der Waals surface area contributed by atoms with Gasteiger partial charge in [0.05, 0.1) is 12.8 Å². The summed E-state index contributed by atoms with van der Waals surface area (Å²) in [6, 6.07) is 1.75. The molecule has 0 aliphatic rings. The molecule has 0 saturated heterocycles. The molecule has 1 aromatic heterocycles. The highest BCUT2D eigenvalue weighted by Crippen LogP contribution is 1.94. The van der Waals surface area contributed by atoms with Crippen LogP contribution in [0.4, 0.5) is 0 Å². The molecule has 0 unspecified atom stereocenters. The summed E-state index contributed by atoms with van der Waals surface area (Å²) in [6.07, 6.45) is 4.53. The number of carbonyl (C=O) groups excluding carboxylic acids is 1. The maximum Gasteiger partial charge on any atom is 0.330 e. The zero-order chi connectivity index (χ0) is 8.10. The number of hydrogen-bond acceptors (Lipinski definition) is 3. The molecule has 0 amide bonds. The van der Waals surface area contributed by atoms with Crippen molar-refractivity contribution in [1.82, 2.24) is 10.2 Å².